The topological polar surface area (TPSA) is 78.2 Å². The second-order valence-corrected chi connectivity index (χ2v) is 15.2. The van der Waals surface area contributed by atoms with E-state index in [1.54, 1.807) is 0 Å². The minimum atomic E-state index is -0.595. The number of carbonyl (C=O) groups is 2. The highest BCUT2D eigenvalue weighted by Gasteiger charge is 2.72. The molecule has 0 radical (unpaired) electrons. The minimum Gasteiger partial charge on any atom is -0.396 e. The summed E-state index contributed by atoms with van der Waals surface area (Å²) >= 11 is 0. The predicted octanol–water partition coefficient (Wildman–Crippen LogP) is 6.28. The van der Waals surface area contributed by atoms with E-state index in [1.165, 1.54) is 0 Å². The highest BCUT2D eigenvalue weighted by atomic mass is 16.3. The third-order valence-electron chi connectivity index (χ3n) is 13.0. The zero-order chi connectivity index (χ0) is 25.8. The van der Waals surface area contributed by atoms with Gasteiger partial charge in [0, 0.05) is 24.4 Å². The van der Waals surface area contributed by atoms with Crippen molar-refractivity contribution in [3.8, 4) is 6.07 Å². The van der Waals surface area contributed by atoms with E-state index >= 15 is 0 Å². The molecule has 0 aromatic rings. The van der Waals surface area contributed by atoms with Gasteiger partial charge in [-0.05, 0) is 89.8 Å². The van der Waals surface area contributed by atoms with Crippen molar-refractivity contribution in [2.24, 2.45) is 56.2 Å². The summed E-state index contributed by atoms with van der Waals surface area (Å²) in [6, 6.07) is 2.21. The van der Waals surface area contributed by atoms with Crippen molar-refractivity contribution in [3.05, 3.63) is 11.6 Å². The van der Waals surface area contributed by atoms with Crippen molar-refractivity contribution in [2.75, 3.05) is 6.61 Å². The van der Waals surface area contributed by atoms with Crippen LogP contribution < -0.4 is 0 Å². The summed E-state index contributed by atoms with van der Waals surface area (Å²) in [6.07, 6.45) is 9.61. The molecular formula is C31H45NO3. The van der Waals surface area contributed by atoms with Crippen LogP contribution >= 0.6 is 0 Å². The normalized spacial score (nSPS) is 50.1. The minimum absolute atomic E-state index is 0.0120. The molecule has 8 atom stereocenters. The Morgan fingerprint density at radius 2 is 1.60 bits per heavy atom. The lowest BCUT2D eigenvalue weighted by atomic mass is 9.31. The van der Waals surface area contributed by atoms with Crippen LogP contribution in [0.3, 0.4) is 0 Å². The number of nitrogens with zero attached hydrogens (tertiary/aromatic N) is 1. The Morgan fingerprint density at radius 1 is 0.943 bits per heavy atom. The second kappa shape index (κ2) is 7.31. The maximum absolute atomic E-state index is 14.3. The number of Topliss-reactive ketones (excluding diaryl/α,β-unsaturated/α-hetero) is 2. The number of nitriles is 1. The first-order chi connectivity index (χ1) is 16.1. The number of fused-ring (bicyclic) bond motifs is 7. The standard InChI is InChI=1S/C31H45NO3/c1-26(2)10-12-31(18-33)13-11-30(7)24(20(31)16-26)21(34)14-23-28(5)15-19(17-32)25(35)27(3,4)22(28)8-9-29(23,30)6/h15,20,22-24,33H,8-14,16,18H2,1-7H3. The summed E-state index contributed by atoms with van der Waals surface area (Å²) in [6.45, 7) is 16.0. The fourth-order valence-electron chi connectivity index (χ4n) is 10.7. The lowest BCUT2D eigenvalue weighted by Crippen LogP contribution is -2.68. The molecule has 0 heterocycles. The molecular weight excluding hydrogens is 434 g/mol. The van der Waals surface area contributed by atoms with E-state index in [-0.39, 0.29) is 68.7 Å². The molecule has 5 aliphatic rings. The molecule has 1 N–H and O–H groups in total. The van der Waals surface area contributed by atoms with Crippen LogP contribution in [0.25, 0.3) is 0 Å². The molecule has 4 nitrogen and oxygen atoms in total. The van der Waals surface area contributed by atoms with E-state index < -0.39 is 5.41 Å². The Hall–Kier alpha value is -1.47. The number of hydrogen-bond donors (Lipinski definition) is 1. The van der Waals surface area contributed by atoms with Crippen LogP contribution in [0.2, 0.25) is 0 Å². The fourth-order valence-corrected chi connectivity index (χ4v) is 10.7. The number of aliphatic hydroxyl groups is 1. The molecule has 35 heavy (non-hydrogen) atoms. The van der Waals surface area contributed by atoms with Gasteiger partial charge in [0.25, 0.3) is 0 Å². The summed E-state index contributed by atoms with van der Waals surface area (Å²) in [5.74, 6) is 0.823. The van der Waals surface area contributed by atoms with E-state index in [1.807, 2.05) is 19.9 Å². The smallest absolute Gasteiger partial charge is 0.178 e. The van der Waals surface area contributed by atoms with Gasteiger partial charge >= 0.3 is 0 Å². The third kappa shape index (κ3) is 3.00. The van der Waals surface area contributed by atoms with Crippen molar-refractivity contribution < 1.29 is 14.7 Å². The molecule has 192 valence electrons. The summed E-state index contributed by atoms with van der Waals surface area (Å²) in [5.41, 5.74) is -0.764. The van der Waals surface area contributed by atoms with Crippen molar-refractivity contribution in [1.29, 1.82) is 5.26 Å². The van der Waals surface area contributed by atoms with Crippen molar-refractivity contribution in [2.45, 2.75) is 99.8 Å². The maximum atomic E-state index is 14.3. The number of carbonyl (C=O) groups excluding carboxylic acids is 2. The molecule has 0 amide bonds. The largest absolute Gasteiger partial charge is 0.396 e. The molecule has 0 saturated heterocycles. The van der Waals surface area contributed by atoms with Crippen molar-refractivity contribution in [3.63, 3.8) is 0 Å². The van der Waals surface area contributed by atoms with Crippen LogP contribution in [0, 0.1) is 67.5 Å². The van der Waals surface area contributed by atoms with Gasteiger partial charge in [0.05, 0.1) is 5.57 Å². The fraction of sp³-hybridized carbons (Fsp3) is 0.839. The molecule has 4 heteroatoms. The molecule has 8 unspecified atom stereocenters. The van der Waals surface area contributed by atoms with Crippen LogP contribution in [0.1, 0.15) is 99.8 Å². The van der Waals surface area contributed by atoms with E-state index in [4.69, 9.17) is 0 Å². The van der Waals surface area contributed by atoms with Gasteiger partial charge in [0.15, 0.2) is 5.78 Å². The molecule has 5 aliphatic carbocycles. The van der Waals surface area contributed by atoms with Crippen LogP contribution in [0.4, 0.5) is 0 Å². The number of aliphatic hydroxyl groups excluding tert-OH is 1. The summed E-state index contributed by atoms with van der Waals surface area (Å²) < 4.78 is 0. The van der Waals surface area contributed by atoms with Crippen molar-refractivity contribution in [1.82, 2.24) is 0 Å². The second-order valence-electron chi connectivity index (χ2n) is 15.2. The lowest BCUT2D eigenvalue weighted by molar-refractivity contribution is -0.226. The lowest BCUT2D eigenvalue weighted by Gasteiger charge is -2.72. The Balaban J connectivity index is 1.63. The summed E-state index contributed by atoms with van der Waals surface area (Å²) in [7, 11) is 0. The van der Waals surface area contributed by atoms with E-state index in [9.17, 15) is 20.0 Å². The van der Waals surface area contributed by atoms with Gasteiger partial charge < -0.3 is 5.11 Å². The Labute approximate surface area is 211 Å². The number of rotatable bonds is 1. The average Bonchev–Trinajstić information content (AvgIpc) is 2.77. The van der Waals surface area contributed by atoms with Gasteiger partial charge in [-0.15, -0.1) is 0 Å². The molecule has 0 spiro atoms. The molecule has 4 saturated carbocycles. The maximum Gasteiger partial charge on any atom is 0.178 e. The van der Waals surface area contributed by atoms with Gasteiger partial charge in [0.1, 0.15) is 11.9 Å². The predicted molar refractivity (Wildman–Crippen MR) is 136 cm³/mol. The van der Waals surface area contributed by atoms with Gasteiger partial charge in [-0.3, -0.25) is 9.59 Å². The van der Waals surface area contributed by atoms with Crippen LogP contribution in [-0.2, 0) is 9.59 Å². The highest BCUT2D eigenvalue weighted by molar-refractivity contribution is 6.04. The Kier molecular flexibility index (Phi) is 5.26. The SMILES string of the molecule is CC1(C)CCC2(CO)CCC3(C)C(C(=O)CC4C5(C)C=C(C#N)C(=O)C(C)(C)C5CCC43C)C2C1. The van der Waals surface area contributed by atoms with Crippen LogP contribution in [0.5, 0.6) is 0 Å². The van der Waals surface area contributed by atoms with Gasteiger partial charge in [-0.1, -0.05) is 54.5 Å². The number of ketones is 2. The summed E-state index contributed by atoms with van der Waals surface area (Å²) in [5, 5.41) is 20.5. The van der Waals surface area contributed by atoms with E-state index in [0.29, 0.717) is 12.2 Å². The van der Waals surface area contributed by atoms with Gasteiger partial charge in [-0.2, -0.15) is 5.26 Å². The van der Waals surface area contributed by atoms with Gasteiger partial charge in [0.2, 0.25) is 0 Å². The van der Waals surface area contributed by atoms with Gasteiger partial charge in [-0.25, -0.2) is 0 Å². The zero-order valence-electron chi connectivity index (χ0n) is 23.0. The van der Waals surface area contributed by atoms with E-state index in [2.05, 4.69) is 40.7 Å². The monoisotopic (exact) mass is 479 g/mol. The van der Waals surface area contributed by atoms with E-state index in [0.717, 1.165) is 44.9 Å². The molecule has 0 aliphatic heterocycles. The summed E-state index contributed by atoms with van der Waals surface area (Å²) in [4.78, 5) is 27.5. The Bertz CT molecular complexity index is 1050. The van der Waals surface area contributed by atoms with Crippen LogP contribution in [-0.4, -0.2) is 23.3 Å². The molecule has 4 fully saturated rings. The number of allylic oxidation sites excluding steroid dienone is 2. The Morgan fingerprint density at radius 3 is 2.23 bits per heavy atom. The third-order valence-corrected chi connectivity index (χ3v) is 13.0. The van der Waals surface area contributed by atoms with Crippen molar-refractivity contribution >= 4 is 11.6 Å². The molecule has 0 aromatic carbocycles. The van der Waals surface area contributed by atoms with Crippen LogP contribution in [0.15, 0.2) is 11.6 Å². The average molecular weight is 480 g/mol. The first-order valence-corrected chi connectivity index (χ1v) is 13.9. The molecule has 5 rings (SSSR count). The molecule has 0 aromatic heterocycles. The molecule has 0 bridgehead atoms. The zero-order valence-corrected chi connectivity index (χ0v) is 23.0. The number of hydrogen-bond acceptors (Lipinski definition) is 4. The quantitative estimate of drug-likeness (QED) is 0.480. The first kappa shape index (κ1) is 25.2. The first-order valence-electron chi connectivity index (χ1n) is 13.9. The highest BCUT2D eigenvalue weighted by Crippen LogP contribution is 2.75.